The average Bonchev–Trinajstić information content (AvgIpc) is 2.54. The molecular weight excluding hydrogens is 256 g/mol. The van der Waals surface area contributed by atoms with Crippen LogP contribution in [0.5, 0.6) is 0 Å². The highest BCUT2D eigenvalue weighted by Gasteiger charge is 2.37. The summed E-state index contributed by atoms with van der Waals surface area (Å²) >= 11 is 0. The van der Waals surface area contributed by atoms with Crippen molar-refractivity contribution >= 4 is 10.8 Å². The standard InChI is InChI=1S/C16H18O4/c17-8-16(9-18)10-19-15(20-11-16)14-7-3-5-12-4-1-2-6-13(12)14/h1-7,15,17-18H,8-11H2. The molecule has 0 bridgehead atoms. The van der Waals surface area contributed by atoms with Gasteiger partial charge in [-0.05, 0) is 10.8 Å². The third kappa shape index (κ3) is 2.31. The van der Waals surface area contributed by atoms with E-state index in [0.717, 1.165) is 16.3 Å². The van der Waals surface area contributed by atoms with E-state index < -0.39 is 11.7 Å². The Bertz CT molecular complexity index is 577. The van der Waals surface area contributed by atoms with E-state index in [9.17, 15) is 10.2 Å². The molecule has 1 fully saturated rings. The quantitative estimate of drug-likeness (QED) is 0.897. The molecule has 0 spiro atoms. The summed E-state index contributed by atoms with van der Waals surface area (Å²) in [5.41, 5.74) is 0.286. The lowest BCUT2D eigenvalue weighted by Crippen LogP contribution is -2.44. The molecule has 0 aromatic heterocycles. The van der Waals surface area contributed by atoms with Gasteiger partial charge >= 0.3 is 0 Å². The number of hydrogen-bond donors (Lipinski definition) is 2. The second-order valence-corrected chi connectivity index (χ2v) is 5.34. The maximum Gasteiger partial charge on any atom is 0.184 e. The number of hydrogen-bond acceptors (Lipinski definition) is 4. The first-order chi connectivity index (χ1) is 9.78. The molecule has 1 heterocycles. The van der Waals surface area contributed by atoms with Crippen molar-refractivity contribution < 1.29 is 19.7 Å². The summed E-state index contributed by atoms with van der Waals surface area (Å²) < 4.78 is 11.5. The van der Waals surface area contributed by atoms with Gasteiger partial charge in [0.25, 0.3) is 0 Å². The fourth-order valence-electron chi connectivity index (χ4n) is 2.46. The van der Waals surface area contributed by atoms with Crippen LogP contribution in [0.4, 0.5) is 0 Å². The fourth-order valence-corrected chi connectivity index (χ4v) is 2.46. The van der Waals surface area contributed by atoms with Crippen molar-refractivity contribution in [2.45, 2.75) is 6.29 Å². The van der Waals surface area contributed by atoms with Gasteiger partial charge in [-0.25, -0.2) is 0 Å². The molecule has 20 heavy (non-hydrogen) atoms. The Hall–Kier alpha value is -1.46. The summed E-state index contributed by atoms with van der Waals surface area (Å²) in [7, 11) is 0. The monoisotopic (exact) mass is 274 g/mol. The molecule has 0 atom stereocenters. The second kappa shape index (κ2) is 5.50. The van der Waals surface area contributed by atoms with Crippen LogP contribution in [0.1, 0.15) is 11.9 Å². The van der Waals surface area contributed by atoms with Gasteiger partial charge in [0.1, 0.15) is 0 Å². The number of rotatable bonds is 3. The van der Waals surface area contributed by atoms with E-state index in [1.54, 1.807) is 0 Å². The lowest BCUT2D eigenvalue weighted by Gasteiger charge is -2.37. The molecule has 1 aliphatic rings. The maximum absolute atomic E-state index is 9.35. The van der Waals surface area contributed by atoms with Crippen molar-refractivity contribution in [1.29, 1.82) is 0 Å². The topological polar surface area (TPSA) is 58.9 Å². The predicted octanol–water partition coefficient (Wildman–Crippen LogP) is 1.86. The zero-order chi connectivity index (χ0) is 14.0. The van der Waals surface area contributed by atoms with Crippen LogP contribution in [-0.2, 0) is 9.47 Å². The van der Waals surface area contributed by atoms with Crippen LogP contribution in [-0.4, -0.2) is 36.6 Å². The van der Waals surface area contributed by atoms with Crippen molar-refractivity contribution in [2.75, 3.05) is 26.4 Å². The number of ether oxygens (including phenoxy) is 2. The van der Waals surface area contributed by atoms with Gasteiger partial charge in [0.15, 0.2) is 6.29 Å². The van der Waals surface area contributed by atoms with Gasteiger partial charge in [0, 0.05) is 5.56 Å². The van der Waals surface area contributed by atoms with E-state index in [2.05, 4.69) is 0 Å². The van der Waals surface area contributed by atoms with Crippen LogP contribution < -0.4 is 0 Å². The van der Waals surface area contributed by atoms with E-state index in [0.29, 0.717) is 0 Å². The van der Waals surface area contributed by atoms with Crippen LogP contribution in [0.2, 0.25) is 0 Å². The first-order valence-electron chi connectivity index (χ1n) is 6.71. The molecule has 1 saturated heterocycles. The number of aliphatic hydroxyl groups excluding tert-OH is 2. The van der Waals surface area contributed by atoms with Gasteiger partial charge < -0.3 is 19.7 Å². The predicted molar refractivity (Wildman–Crippen MR) is 75.2 cm³/mol. The van der Waals surface area contributed by atoms with Crippen LogP contribution in [0, 0.1) is 5.41 Å². The number of aliphatic hydroxyl groups is 2. The minimum atomic E-state index is -0.693. The van der Waals surface area contributed by atoms with Crippen molar-refractivity contribution in [3.05, 3.63) is 48.0 Å². The molecule has 0 unspecified atom stereocenters. The van der Waals surface area contributed by atoms with Crippen LogP contribution in [0.3, 0.4) is 0 Å². The molecule has 4 nitrogen and oxygen atoms in total. The fraction of sp³-hybridized carbons (Fsp3) is 0.375. The molecule has 0 aliphatic carbocycles. The smallest absolute Gasteiger partial charge is 0.184 e. The van der Waals surface area contributed by atoms with Crippen molar-refractivity contribution in [2.24, 2.45) is 5.41 Å². The molecule has 2 aromatic rings. The van der Waals surface area contributed by atoms with E-state index in [-0.39, 0.29) is 26.4 Å². The molecule has 2 N–H and O–H groups in total. The van der Waals surface area contributed by atoms with Crippen LogP contribution >= 0.6 is 0 Å². The van der Waals surface area contributed by atoms with Crippen molar-refractivity contribution in [3.63, 3.8) is 0 Å². The molecule has 4 heteroatoms. The Kier molecular flexibility index (Phi) is 3.72. The van der Waals surface area contributed by atoms with E-state index in [1.165, 1.54) is 0 Å². The summed E-state index contributed by atoms with van der Waals surface area (Å²) in [6, 6.07) is 14.1. The lowest BCUT2D eigenvalue weighted by molar-refractivity contribution is -0.247. The highest BCUT2D eigenvalue weighted by Crippen LogP contribution is 2.34. The van der Waals surface area contributed by atoms with Gasteiger partial charge in [0.05, 0.1) is 31.8 Å². The van der Waals surface area contributed by atoms with Gasteiger partial charge in [-0.2, -0.15) is 0 Å². The van der Waals surface area contributed by atoms with Gasteiger partial charge in [0.2, 0.25) is 0 Å². The highest BCUT2D eigenvalue weighted by atomic mass is 16.7. The summed E-state index contributed by atoms with van der Waals surface area (Å²) in [6.45, 7) is 0.277. The van der Waals surface area contributed by atoms with Crippen LogP contribution in [0.15, 0.2) is 42.5 Å². The molecule has 3 rings (SSSR count). The third-order valence-corrected chi connectivity index (χ3v) is 3.83. The van der Waals surface area contributed by atoms with E-state index in [1.807, 2.05) is 42.5 Å². The minimum absolute atomic E-state index is 0.147. The molecule has 1 aliphatic heterocycles. The summed E-state index contributed by atoms with van der Waals surface area (Å²) in [4.78, 5) is 0. The Labute approximate surface area is 117 Å². The van der Waals surface area contributed by atoms with Crippen molar-refractivity contribution in [1.82, 2.24) is 0 Å². The highest BCUT2D eigenvalue weighted by molar-refractivity contribution is 5.85. The summed E-state index contributed by atoms with van der Waals surface area (Å²) in [5.74, 6) is 0. The molecule has 0 saturated carbocycles. The maximum atomic E-state index is 9.35. The first kappa shape index (κ1) is 13.5. The zero-order valence-electron chi connectivity index (χ0n) is 11.2. The summed E-state index contributed by atoms with van der Waals surface area (Å²) in [5, 5.41) is 20.9. The number of fused-ring (bicyclic) bond motifs is 1. The Balaban J connectivity index is 1.87. The largest absolute Gasteiger partial charge is 0.396 e. The molecule has 0 amide bonds. The second-order valence-electron chi connectivity index (χ2n) is 5.34. The SMILES string of the molecule is OCC1(CO)COC(c2cccc3ccccc23)OC1. The van der Waals surface area contributed by atoms with Crippen LogP contribution in [0.25, 0.3) is 10.8 Å². The lowest BCUT2D eigenvalue weighted by atomic mass is 9.91. The van der Waals surface area contributed by atoms with E-state index in [4.69, 9.17) is 9.47 Å². The molecule has 2 aromatic carbocycles. The van der Waals surface area contributed by atoms with Crippen molar-refractivity contribution in [3.8, 4) is 0 Å². The first-order valence-corrected chi connectivity index (χ1v) is 6.71. The van der Waals surface area contributed by atoms with E-state index >= 15 is 0 Å². The zero-order valence-corrected chi connectivity index (χ0v) is 11.2. The summed E-state index contributed by atoms with van der Waals surface area (Å²) in [6.07, 6.45) is -0.452. The molecule has 0 radical (unpaired) electrons. The Morgan fingerprint density at radius 2 is 1.60 bits per heavy atom. The van der Waals surface area contributed by atoms with Gasteiger partial charge in [-0.3, -0.25) is 0 Å². The number of benzene rings is 2. The normalized spacial score (nSPS) is 19.3. The Morgan fingerprint density at radius 3 is 2.30 bits per heavy atom. The molecular formula is C16H18O4. The minimum Gasteiger partial charge on any atom is -0.396 e. The van der Waals surface area contributed by atoms with Gasteiger partial charge in [-0.15, -0.1) is 0 Å². The average molecular weight is 274 g/mol. The van der Waals surface area contributed by atoms with Gasteiger partial charge in [-0.1, -0.05) is 42.5 Å². The third-order valence-electron chi connectivity index (χ3n) is 3.83. The molecule has 106 valence electrons. The Morgan fingerprint density at radius 1 is 0.950 bits per heavy atom.